The Bertz CT molecular complexity index is 882. The van der Waals surface area contributed by atoms with Crippen LogP contribution < -0.4 is 4.90 Å². The maximum Gasteiger partial charge on any atom is 0.0732 e. The van der Waals surface area contributed by atoms with Crippen molar-refractivity contribution >= 4 is 28.2 Å². The fourth-order valence-electron chi connectivity index (χ4n) is 3.58. The normalized spacial score (nSPS) is 15.0. The predicted octanol–water partition coefficient (Wildman–Crippen LogP) is 5.85. The van der Waals surface area contributed by atoms with Crippen LogP contribution in [-0.4, -0.2) is 18.1 Å². The molecule has 0 unspecified atom stereocenters. The fraction of sp³-hybridized carbons (Fsp3) is 0.286. The third-order valence-corrected chi connectivity index (χ3v) is 5.01. The summed E-state index contributed by atoms with van der Waals surface area (Å²) in [7, 11) is 0. The van der Waals surface area contributed by atoms with E-state index in [2.05, 4.69) is 42.2 Å². The van der Waals surface area contributed by atoms with Gasteiger partial charge in [0.1, 0.15) is 0 Å². The molecule has 2 aromatic carbocycles. The molecule has 0 spiro atoms. The van der Waals surface area contributed by atoms with Gasteiger partial charge in [-0.25, -0.2) is 0 Å². The smallest absolute Gasteiger partial charge is 0.0732 e. The summed E-state index contributed by atoms with van der Waals surface area (Å²) in [5.74, 6) is 0. The van der Waals surface area contributed by atoms with E-state index in [0.29, 0.717) is 0 Å². The lowest BCUT2D eigenvalue weighted by molar-refractivity contribution is 0.579. The van der Waals surface area contributed by atoms with E-state index in [9.17, 15) is 0 Å². The van der Waals surface area contributed by atoms with Crippen molar-refractivity contribution < 1.29 is 0 Å². The molecule has 0 radical (unpaired) electrons. The second kappa shape index (κ2) is 6.45. The first-order valence-electron chi connectivity index (χ1n) is 8.63. The third kappa shape index (κ3) is 2.99. The highest BCUT2D eigenvalue weighted by atomic mass is 35.5. The fourth-order valence-corrected chi connectivity index (χ4v) is 3.77. The summed E-state index contributed by atoms with van der Waals surface area (Å²) in [5.41, 5.74) is 5.76. The molecule has 0 amide bonds. The van der Waals surface area contributed by atoms with Gasteiger partial charge in [0.05, 0.1) is 5.52 Å². The number of halogens is 1. The lowest BCUT2D eigenvalue weighted by atomic mass is 10.0. The van der Waals surface area contributed by atoms with Crippen LogP contribution in [0.2, 0.25) is 5.02 Å². The van der Waals surface area contributed by atoms with Crippen molar-refractivity contribution in [3.63, 3.8) is 0 Å². The minimum atomic E-state index is 0.763. The van der Waals surface area contributed by atoms with Crippen LogP contribution in [0.3, 0.4) is 0 Å². The van der Waals surface area contributed by atoms with E-state index >= 15 is 0 Å². The SMILES string of the molecule is Cc1cc(N2CCCCC2)c2ccc(-c3cccc(Cl)c3)cc2n1. The molecule has 1 fully saturated rings. The van der Waals surface area contributed by atoms with Gasteiger partial charge in [-0.1, -0.05) is 35.9 Å². The summed E-state index contributed by atoms with van der Waals surface area (Å²) in [5, 5.41) is 2.01. The number of fused-ring (bicyclic) bond motifs is 1. The molecule has 3 heteroatoms. The van der Waals surface area contributed by atoms with Gasteiger partial charge >= 0.3 is 0 Å². The number of aromatic nitrogens is 1. The van der Waals surface area contributed by atoms with Crippen LogP contribution in [-0.2, 0) is 0 Å². The molecule has 1 aromatic heterocycles. The van der Waals surface area contributed by atoms with Crippen molar-refractivity contribution in [2.75, 3.05) is 18.0 Å². The molecule has 0 aliphatic carbocycles. The summed E-state index contributed by atoms with van der Waals surface area (Å²) in [6.45, 7) is 4.38. The Labute approximate surface area is 148 Å². The Morgan fingerprint density at radius 2 is 1.71 bits per heavy atom. The van der Waals surface area contributed by atoms with Gasteiger partial charge in [0, 0.05) is 34.9 Å². The molecular formula is C21H21ClN2. The molecule has 0 saturated carbocycles. The van der Waals surface area contributed by atoms with Crippen molar-refractivity contribution in [1.29, 1.82) is 0 Å². The summed E-state index contributed by atoms with van der Waals surface area (Å²) >= 11 is 6.14. The number of benzene rings is 2. The van der Waals surface area contributed by atoms with Crippen LogP contribution in [0.4, 0.5) is 5.69 Å². The Balaban J connectivity index is 1.82. The third-order valence-electron chi connectivity index (χ3n) is 4.77. The first-order valence-corrected chi connectivity index (χ1v) is 9.01. The van der Waals surface area contributed by atoms with Crippen molar-refractivity contribution in [1.82, 2.24) is 4.98 Å². The Hall–Kier alpha value is -2.06. The maximum absolute atomic E-state index is 6.14. The minimum Gasteiger partial charge on any atom is -0.371 e. The Kier molecular flexibility index (Phi) is 4.15. The van der Waals surface area contributed by atoms with Crippen LogP contribution in [0.15, 0.2) is 48.5 Å². The molecule has 2 heterocycles. The van der Waals surface area contributed by atoms with Gasteiger partial charge in [0.2, 0.25) is 0 Å². The van der Waals surface area contributed by atoms with Crippen LogP contribution in [0.1, 0.15) is 25.0 Å². The molecule has 3 aromatic rings. The van der Waals surface area contributed by atoms with Crippen molar-refractivity contribution in [2.24, 2.45) is 0 Å². The minimum absolute atomic E-state index is 0.763. The Morgan fingerprint density at radius 3 is 2.50 bits per heavy atom. The topological polar surface area (TPSA) is 16.1 Å². The molecule has 122 valence electrons. The highest BCUT2D eigenvalue weighted by Crippen LogP contribution is 2.32. The van der Waals surface area contributed by atoms with Gasteiger partial charge < -0.3 is 4.90 Å². The zero-order valence-corrected chi connectivity index (χ0v) is 14.7. The summed E-state index contributed by atoms with van der Waals surface area (Å²) < 4.78 is 0. The maximum atomic E-state index is 6.14. The number of anilines is 1. The van der Waals surface area contributed by atoms with Gasteiger partial charge in [0.15, 0.2) is 0 Å². The first kappa shape index (κ1) is 15.5. The van der Waals surface area contributed by atoms with Crippen LogP contribution in [0.5, 0.6) is 0 Å². The van der Waals surface area contributed by atoms with Crippen molar-refractivity contribution in [3.8, 4) is 11.1 Å². The number of pyridine rings is 1. The molecule has 1 saturated heterocycles. The number of nitrogens with zero attached hydrogens (tertiary/aromatic N) is 2. The average Bonchev–Trinajstić information content (AvgIpc) is 2.61. The second-order valence-electron chi connectivity index (χ2n) is 6.57. The van der Waals surface area contributed by atoms with Crippen molar-refractivity contribution in [3.05, 3.63) is 59.2 Å². The zero-order valence-electron chi connectivity index (χ0n) is 13.9. The van der Waals surface area contributed by atoms with Gasteiger partial charge in [-0.3, -0.25) is 4.98 Å². The van der Waals surface area contributed by atoms with E-state index in [-0.39, 0.29) is 0 Å². The van der Waals surface area contributed by atoms with E-state index in [4.69, 9.17) is 16.6 Å². The molecular weight excluding hydrogens is 316 g/mol. The van der Waals surface area contributed by atoms with Gasteiger partial charge in [0.25, 0.3) is 0 Å². The number of hydrogen-bond donors (Lipinski definition) is 0. The molecule has 24 heavy (non-hydrogen) atoms. The summed E-state index contributed by atoms with van der Waals surface area (Å²) in [4.78, 5) is 7.29. The summed E-state index contributed by atoms with van der Waals surface area (Å²) in [6, 6.07) is 16.8. The van der Waals surface area contributed by atoms with Crippen molar-refractivity contribution in [2.45, 2.75) is 26.2 Å². The van der Waals surface area contributed by atoms with Crippen LogP contribution in [0.25, 0.3) is 22.0 Å². The van der Waals surface area contributed by atoms with Gasteiger partial charge in [-0.2, -0.15) is 0 Å². The summed E-state index contributed by atoms with van der Waals surface area (Å²) in [6.07, 6.45) is 3.91. The van der Waals surface area contributed by atoms with Gasteiger partial charge in [-0.15, -0.1) is 0 Å². The van der Waals surface area contributed by atoms with E-state index in [1.165, 1.54) is 30.3 Å². The highest BCUT2D eigenvalue weighted by Gasteiger charge is 2.15. The average molecular weight is 337 g/mol. The van der Waals surface area contributed by atoms with Crippen LogP contribution >= 0.6 is 11.6 Å². The number of aryl methyl sites for hydroxylation is 1. The predicted molar refractivity (Wildman–Crippen MR) is 103 cm³/mol. The Morgan fingerprint density at radius 1 is 0.917 bits per heavy atom. The standard InChI is InChI=1S/C21H21ClN2/c1-15-12-21(24-10-3-2-4-11-24)19-9-8-17(14-20(19)23-15)16-6-5-7-18(22)13-16/h5-9,12-14H,2-4,10-11H2,1H3. The number of rotatable bonds is 2. The first-order chi connectivity index (χ1) is 11.7. The van der Waals surface area contributed by atoms with E-state index in [0.717, 1.165) is 40.4 Å². The van der Waals surface area contributed by atoms with Gasteiger partial charge in [-0.05, 0) is 61.6 Å². The second-order valence-corrected chi connectivity index (χ2v) is 7.01. The number of piperidine rings is 1. The molecule has 1 aliphatic rings. The molecule has 0 N–H and O–H groups in total. The lowest BCUT2D eigenvalue weighted by Crippen LogP contribution is -2.29. The molecule has 0 atom stereocenters. The van der Waals surface area contributed by atoms with E-state index < -0.39 is 0 Å². The zero-order chi connectivity index (χ0) is 16.5. The van der Waals surface area contributed by atoms with Crippen LogP contribution in [0, 0.1) is 6.92 Å². The monoisotopic (exact) mass is 336 g/mol. The largest absolute Gasteiger partial charge is 0.371 e. The molecule has 2 nitrogen and oxygen atoms in total. The molecule has 4 rings (SSSR count). The molecule has 1 aliphatic heterocycles. The quantitative estimate of drug-likeness (QED) is 0.583. The number of hydrogen-bond acceptors (Lipinski definition) is 2. The molecule has 0 bridgehead atoms. The highest BCUT2D eigenvalue weighted by molar-refractivity contribution is 6.30. The van der Waals surface area contributed by atoms with E-state index in [1.54, 1.807) is 0 Å². The lowest BCUT2D eigenvalue weighted by Gasteiger charge is -2.30. The van der Waals surface area contributed by atoms with E-state index in [1.807, 2.05) is 18.2 Å².